The lowest BCUT2D eigenvalue weighted by molar-refractivity contribution is 0.454. The molecule has 31 heavy (non-hydrogen) atoms. The van der Waals surface area contributed by atoms with Gasteiger partial charge in [-0.25, -0.2) is 9.78 Å². The standard InChI is InChI=1S/C21H22N8O2/c1-11-4-3-5-15(23-11)12(2)24-17-9-18(25-14-6-7-14)29-19(27-17)13(10-22-29)8-16-20(30)28-21(31)26-16/h3-5,8-10,12,14,24,30H,6-7H2,1-2H3,(H2,26,28,31)/b13-8+,25-18?. The maximum absolute atomic E-state index is 11.5. The normalized spacial score (nSPS) is 16.2. The molecule has 1 unspecified atom stereocenters. The van der Waals surface area contributed by atoms with E-state index in [-0.39, 0.29) is 17.6 Å². The van der Waals surface area contributed by atoms with Gasteiger partial charge in [0.15, 0.2) is 11.1 Å². The smallest absolute Gasteiger partial charge is 0.326 e. The predicted molar refractivity (Wildman–Crippen MR) is 114 cm³/mol. The highest BCUT2D eigenvalue weighted by Crippen LogP contribution is 2.22. The lowest BCUT2D eigenvalue weighted by Gasteiger charge is -2.14. The Bertz CT molecular complexity index is 1440. The first-order chi connectivity index (χ1) is 15.0. The number of aromatic nitrogens is 6. The van der Waals surface area contributed by atoms with Crippen molar-refractivity contribution in [3.8, 4) is 5.88 Å². The van der Waals surface area contributed by atoms with Crippen LogP contribution in [-0.4, -0.2) is 40.7 Å². The van der Waals surface area contributed by atoms with Gasteiger partial charge in [0.2, 0.25) is 5.88 Å². The summed E-state index contributed by atoms with van der Waals surface area (Å²) in [7, 11) is 0. The summed E-state index contributed by atoms with van der Waals surface area (Å²) in [6, 6.07) is 8.03. The molecule has 0 bridgehead atoms. The van der Waals surface area contributed by atoms with E-state index in [2.05, 4.69) is 25.4 Å². The zero-order valence-corrected chi connectivity index (χ0v) is 17.1. The van der Waals surface area contributed by atoms with Crippen molar-refractivity contribution in [2.75, 3.05) is 5.32 Å². The Morgan fingerprint density at radius 3 is 2.87 bits per heavy atom. The van der Waals surface area contributed by atoms with E-state index in [0.717, 1.165) is 24.2 Å². The highest BCUT2D eigenvalue weighted by molar-refractivity contribution is 5.58. The van der Waals surface area contributed by atoms with Crippen LogP contribution in [-0.2, 0) is 0 Å². The topological polar surface area (TPSA) is 136 Å². The number of fused-ring (bicyclic) bond motifs is 1. The van der Waals surface area contributed by atoms with Crippen LogP contribution in [0.4, 0.5) is 5.82 Å². The molecule has 0 amide bonds. The maximum atomic E-state index is 11.5. The van der Waals surface area contributed by atoms with Gasteiger partial charge >= 0.3 is 5.69 Å². The van der Waals surface area contributed by atoms with Crippen LogP contribution in [0.5, 0.6) is 5.88 Å². The Morgan fingerprint density at radius 1 is 1.32 bits per heavy atom. The van der Waals surface area contributed by atoms with Crippen molar-refractivity contribution in [1.29, 1.82) is 0 Å². The van der Waals surface area contributed by atoms with Gasteiger partial charge < -0.3 is 15.4 Å². The van der Waals surface area contributed by atoms with E-state index < -0.39 is 5.69 Å². The molecule has 5 rings (SSSR count). The van der Waals surface area contributed by atoms with Crippen LogP contribution in [0.25, 0.3) is 11.7 Å². The van der Waals surface area contributed by atoms with Crippen molar-refractivity contribution in [2.24, 2.45) is 4.99 Å². The molecule has 1 aliphatic rings. The predicted octanol–water partition coefficient (Wildman–Crippen LogP) is 0.939. The summed E-state index contributed by atoms with van der Waals surface area (Å²) in [6.45, 7) is 3.99. The van der Waals surface area contributed by atoms with E-state index >= 15 is 0 Å². The molecule has 1 fully saturated rings. The third kappa shape index (κ3) is 3.91. The summed E-state index contributed by atoms with van der Waals surface area (Å²) in [5, 5.41) is 18.4. The lowest BCUT2D eigenvalue weighted by atomic mass is 10.2. The molecule has 1 saturated carbocycles. The van der Waals surface area contributed by atoms with Crippen LogP contribution in [0, 0.1) is 6.92 Å². The highest BCUT2D eigenvalue weighted by Gasteiger charge is 2.20. The van der Waals surface area contributed by atoms with E-state index in [1.807, 2.05) is 38.1 Å². The fourth-order valence-electron chi connectivity index (χ4n) is 3.37. The van der Waals surface area contributed by atoms with Gasteiger partial charge in [-0.2, -0.15) is 9.61 Å². The molecule has 4 aromatic heterocycles. The zero-order valence-electron chi connectivity index (χ0n) is 17.1. The van der Waals surface area contributed by atoms with Crippen molar-refractivity contribution < 1.29 is 5.11 Å². The molecule has 10 nitrogen and oxygen atoms in total. The second-order valence-corrected chi connectivity index (χ2v) is 7.75. The van der Waals surface area contributed by atoms with Crippen molar-refractivity contribution in [1.82, 2.24) is 29.5 Å². The van der Waals surface area contributed by atoms with Crippen LogP contribution in [0.15, 0.2) is 40.2 Å². The molecular weight excluding hydrogens is 396 g/mol. The molecule has 0 radical (unpaired) electrons. The van der Waals surface area contributed by atoms with Gasteiger partial charge in [-0.15, -0.1) is 0 Å². The Hall–Kier alpha value is -3.95. The van der Waals surface area contributed by atoms with Gasteiger partial charge in [-0.3, -0.25) is 15.0 Å². The minimum Gasteiger partial charge on any atom is -0.493 e. The third-order valence-electron chi connectivity index (χ3n) is 5.10. The zero-order chi connectivity index (χ0) is 21.5. The van der Waals surface area contributed by atoms with E-state index in [0.29, 0.717) is 28.2 Å². The molecule has 0 spiro atoms. The number of anilines is 1. The number of nitrogens with one attached hydrogen (secondary N) is 3. The molecule has 158 valence electrons. The number of hydrogen-bond donors (Lipinski definition) is 4. The Morgan fingerprint density at radius 2 is 2.16 bits per heavy atom. The van der Waals surface area contributed by atoms with Crippen molar-refractivity contribution in [3.63, 3.8) is 0 Å². The molecular formula is C21H22N8O2. The molecule has 1 atom stereocenters. The number of rotatable bonds is 5. The van der Waals surface area contributed by atoms with Crippen molar-refractivity contribution in [2.45, 2.75) is 38.8 Å². The van der Waals surface area contributed by atoms with Gasteiger partial charge in [0.1, 0.15) is 11.5 Å². The number of nitrogens with zero attached hydrogens (tertiary/aromatic N) is 5. The molecule has 0 aliphatic heterocycles. The second-order valence-electron chi connectivity index (χ2n) is 7.75. The fraction of sp³-hybridized carbons (Fsp3) is 0.286. The Labute approximate surface area is 176 Å². The first-order valence-corrected chi connectivity index (χ1v) is 10.1. The summed E-state index contributed by atoms with van der Waals surface area (Å²) < 4.78 is 1.67. The number of aromatic amines is 2. The molecule has 1 aliphatic carbocycles. The van der Waals surface area contributed by atoms with Gasteiger partial charge in [0, 0.05) is 17.0 Å². The lowest BCUT2D eigenvalue weighted by Crippen LogP contribution is -2.21. The summed E-state index contributed by atoms with van der Waals surface area (Å²) in [6.07, 6.45) is 5.39. The first-order valence-electron chi connectivity index (χ1n) is 10.1. The van der Waals surface area contributed by atoms with Gasteiger partial charge in [-0.05, 0) is 44.9 Å². The Balaban J connectivity index is 1.62. The average Bonchev–Trinajstić information content (AvgIpc) is 3.37. The van der Waals surface area contributed by atoms with Crippen LogP contribution in [0.1, 0.15) is 42.9 Å². The van der Waals surface area contributed by atoms with E-state index in [1.165, 1.54) is 0 Å². The summed E-state index contributed by atoms with van der Waals surface area (Å²) >= 11 is 0. The second kappa shape index (κ2) is 7.38. The average molecular weight is 418 g/mol. The fourth-order valence-corrected chi connectivity index (χ4v) is 3.37. The number of hydrogen-bond acceptors (Lipinski definition) is 7. The van der Waals surface area contributed by atoms with Gasteiger partial charge in [0.05, 0.1) is 24.0 Å². The largest absolute Gasteiger partial charge is 0.493 e. The van der Waals surface area contributed by atoms with Gasteiger partial charge in [0.25, 0.3) is 0 Å². The van der Waals surface area contributed by atoms with Crippen molar-refractivity contribution >= 4 is 17.5 Å². The van der Waals surface area contributed by atoms with E-state index in [4.69, 9.17) is 9.98 Å². The summed E-state index contributed by atoms with van der Waals surface area (Å²) in [4.78, 5) is 30.4. The number of imidazole rings is 1. The van der Waals surface area contributed by atoms with Crippen LogP contribution >= 0.6 is 0 Å². The SMILES string of the molecule is Cc1cccc(C(C)Nc2cc(=NC3CC3)n3nc/c(=C\c4[nH]c(=O)[nH]c4O)c3n2)n1. The highest BCUT2D eigenvalue weighted by atomic mass is 16.3. The third-order valence-corrected chi connectivity index (χ3v) is 5.10. The van der Waals surface area contributed by atoms with Crippen LogP contribution in [0.2, 0.25) is 0 Å². The number of aromatic hydroxyl groups is 1. The molecule has 4 aromatic rings. The number of pyridine rings is 1. The number of H-pyrrole nitrogens is 2. The van der Waals surface area contributed by atoms with E-state index in [9.17, 15) is 9.90 Å². The summed E-state index contributed by atoms with van der Waals surface area (Å²) in [5.74, 6) is 0.408. The molecule has 4 N–H and O–H groups in total. The monoisotopic (exact) mass is 418 g/mol. The van der Waals surface area contributed by atoms with Crippen LogP contribution in [0.3, 0.4) is 0 Å². The minimum absolute atomic E-state index is 0.0657. The van der Waals surface area contributed by atoms with Crippen molar-refractivity contribution in [3.05, 3.63) is 68.7 Å². The summed E-state index contributed by atoms with van der Waals surface area (Å²) in [5.41, 5.74) is 2.91. The number of aryl methyl sites for hydroxylation is 1. The van der Waals surface area contributed by atoms with E-state index in [1.54, 1.807) is 16.8 Å². The molecule has 4 heterocycles. The maximum Gasteiger partial charge on any atom is 0.326 e. The first kappa shape index (κ1) is 19.0. The van der Waals surface area contributed by atoms with Crippen LogP contribution < -0.4 is 21.7 Å². The molecule has 0 aromatic carbocycles. The minimum atomic E-state index is -0.487. The Kier molecular flexibility index (Phi) is 4.54. The molecule has 10 heteroatoms. The molecule has 0 saturated heterocycles. The van der Waals surface area contributed by atoms with Gasteiger partial charge in [-0.1, -0.05) is 6.07 Å². The quantitative estimate of drug-likeness (QED) is 0.381.